The van der Waals surface area contributed by atoms with Crippen molar-refractivity contribution in [1.82, 2.24) is 9.55 Å². The maximum Gasteiger partial charge on any atom is 0.141 e. The molecule has 0 radical (unpaired) electrons. The van der Waals surface area contributed by atoms with Gasteiger partial charge in [-0.05, 0) is 52.4 Å². The van der Waals surface area contributed by atoms with Gasteiger partial charge in [0.1, 0.15) is 5.82 Å². The van der Waals surface area contributed by atoms with Gasteiger partial charge in [0.15, 0.2) is 0 Å². The van der Waals surface area contributed by atoms with Gasteiger partial charge in [-0.15, -0.1) is 0 Å². The Morgan fingerprint density at radius 1 is 0.595 bits per heavy atom. The molecule has 0 saturated carbocycles. The van der Waals surface area contributed by atoms with Crippen LogP contribution in [0.3, 0.4) is 0 Å². The Labute approximate surface area is 216 Å². The number of nitrogens with zero attached hydrogens (tertiary/aromatic N) is 2. The SMILES string of the molecule is C1=CCCC(c2nc3c(-c4ccccc4)c4ccccc4c(-c4ccccc4)c3n2-c2ccccc2)=C1. The fourth-order valence-corrected chi connectivity index (χ4v) is 5.63. The van der Waals surface area contributed by atoms with Crippen LogP contribution in [0.2, 0.25) is 0 Å². The lowest BCUT2D eigenvalue weighted by molar-refractivity contribution is 0.982. The first-order valence-corrected chi connectivity index (χ1v) is 12.9. The first-order chi connectivity index (χ1) is 18.4. The Morgan fingerprint density at radius 3 is 1.78 bits per heavy atom. The highest BCUT2D eigenvalue weighted by Crippen LogP contribution is 2.45. The molecule has 6 aromatic rings. The van der Waals surface area contributed by atoms with E-state index in [1.54, 1.807) is 0 Å². The fourth-order valence-electron chi connectivity index (χ4n) is 5.63. The molecule has 176 valence electrons. The van der Waals surface area contributed by atoms with Gasteiger partial charge in [-0.2, -0.15) is 0 Å². The van der Waals surface area contributed by atoms with Crippen molar-refractivity contribution >= 4 is 27.4 Å². The van der Waals surface area contributed by atoms with Crippen molar-refractivity contribution in [2.24, 2.45) is 0 Å². The molecule has 0 bridgehead atoms. The molecule has 0 saturated heterocycles. The van der Waals surface area contributed by atoms with Crippen molar-refractivity contribution in [1.29, 1.82) is 0 Å². The summed E-state index contributed by atoms with van der Waals surface area (Å²) in [6.45, 7) is 0. The average Bonchev–Trinajstić information content (AvgIpc) is 3.37. The van der Waals surface area contributed by atoms with Crippen molar-refractivity contribution in [3.8, 4) is 27.9 Å². The number of allylic oxidation sites excluding steroid dienone is 4. The molecule has 5 aromatic carbocycles. The van der Waals surface area contributed by atoms with E-state index in [2.05, 4.69) is 138 Å². The zero-order chi connectivity index (χ0) is 24.6. The van der Waals surface area contributed by atoms with Gasteiger partial charge >= 0.3 is 0 Å². The topological polar surface area (TPSA) is 17.8 Å². The van der Waals surface area contributed by atoms with Crippen LogP contribution in [0.4, 0.5) is 0 Å². The van der Waals surface area contributed by atoms with Crippen LogP contribution < -0.4 is 0 Å². The van der Waals surface area contributed by atoms with Gasteiger partial charge < -0.3 is 0 Å². The summed E-state index contributed by atoms with van der Waals surface area (Å²) in [5.41, 5.74) is 9.38. The standard InChI is InChI=1S/C35H26N2/c1-5-15-25(16-6-1)31-29-23-13-14-24-30(29)32(26-17-7-2-8-18-26)34-33(31)36-35(27-19-9-3-10-20-27)37(34)28-21-11-4-12-22-28/h1-9,11-19,21-24H,10,20H2. The summed E-state index contributed by atoms with van der Waals surface area (Å²) in [7, 11) is 0. The number of benzene rings is 5. The van der Waals surface area contributed by atoms with Gasteiger partial charge in [0.2, 0.25) is 0 Å². The molecule has 0 unspecified atom stereocenters. The van der Waals surface area contributed by atoms with Crippen LogP contribution in [0.1, 0.15) is 18.7 Å². The predicted molar refractivity (Wildman–Crippen MR) is 156 cm³/mol. The summed E-state index contributed by atoms with van der Waals surface area (Å²) in [6.07, 6.45) is 8.64. The molecule has 1 aromatic heterocycles. The number of hydrogen-bond donors (Lipinski definition) is 0. The highest BCUT2D eigenvalue weighted by molar-refractivity contribution is 6.20. The van der Waals surface area contributed by atoms with Crippen molar-refractivity contribution < 1.29 is 0 Å². The molecule has 1 aliphatic rings. The highest BCUT2D eigenvalue weighted by Gasteiger charge is 2.25. The van der Waals surface area contributed by atoms with Crippen LogP contribution in [0.25, 0.3) is 55.3 Å². The van der Waals surface area contributed by atoms with Gasteiger partial charge in [0, 0.05) is 16.8 Å². The van der Waals surface area contributed by atoms with E-state index >= 15 is 0 Å². The van der Waals surface area contributed by atoms with Crippen molar-refractivity contribution in [3.63, 3.8) is 0 Å². The average molecular weight is 475 g/mol. The van der Waals surface area contributed by atoms with Crippen molar-refractivity contribution in [2.75, 3.05) is 0 Å². The molecule has 2 nitrogen and oxygen atoms in total. The smallest absolute Gasteiger partial charge is 0.141 e. The van der Waals surface area contributed by atoms with E-state index in [4.69, 9.17) is 4.98 Å². The quantitative estimate of drug-likeness (QED) is 0.249. The number of hydrogen-bond acceptors (Lipinski definition) is 1. The minimum atomic E-state index is 0.980. The zero-order valence-electron chi connectivity index (χ0n) is 20.5. The number of fused-ring (bicyclic) bond motifs is 2. The first-order valence-electron chi connectivity index (χ1n) is 12.9. The fraction of sp³-hybridized carbons (Fsp3) is 0.0571. The number of imidazole rings is 1. The second-order valence-electron chi connectivity index (χ2n) is 9.49. The second kappa shape index (κ2) is 9.07. The lowest BCUT2D eigenvalue weighted by Crippen LogP contribution is -2.03. The minimum absolute atomic E-state index is 0.980. The monoisotopic (exact) mass is 474 g/mol. The Bertz CT molecular complexity index is 1790. The maximum absolute atomic E-state index is 5.49. The molecule has 0 amide bonds. The Hall–Kier alpha value is -4.69. The van der Waals surface area contributed by atoms with Crippen molar-refractivity contribution in [3.05, 3.63) is 139 Å². The normalized spacial score (nSPS) is 13.2. The molecule has 0 atom stereocenters. The lowest BCUT2D eigenvalue weighted by Gasteiger charge is -2.18. The third kappa shape index (κ3) is 3.61. The molecule has 0 N–H and O–H groups in total. The Morgan fingerprint density at radius 2 is 1.16 bits per heavy atom. The van der Waals surface area contributed by atoms with Crippen LogP contribution in [0.15, 0.2) is 133 Å². The van der Waals surface area contributed by atoms with Crippen LogP contribution in [-0.2, 0) is 0 Å². The molecule has 0 aliphatic heterocycles. The second-order valence-corrected chi connectivity index (χ2v) is 9.49. The van der Waals surface area contributed by atoms with Gasteiger partial charge in [-0.3, -0.25) is 4.57 Å². The van der Waals surface area contributed by atoms with E-state index in [0.717, 1.165) is 35.4 Å². The van der Waals surface area contributed by atoms with E-state index in [1.165, 1.54) is 38.6 Å². The third-order valence-electron chi connectivity index (χ3n) is 7.26. The largest absolute Gasteiger partial charge is 0.292 e. The Balaban J connectivity index is 1.74. The van der Waals surface area contributed by atoms with Crippen molar-refractivity contribution in [2.45, 2.75) is 12.8 Å². The summed E-state index contributed by atoms with van der Waals surface area (Å²) in [5, 5.41) is 2.46. The Kier molecular flexibility index (Phi) is 5.29. The summed E-state index contributed by atoms with van der Waals surface area (Å²) in [5.74, 6) is 1.02. The maximum atomic E-state index is 5.49. The van der Waals surface area contributed by atoms with Gasteiger partial charge in [0.05, 0.1) is 11.0 Å². The number of rotatable bonds is 4. The highest BCUT2D eigenvalue weighted by atomic mass is 15.1. The third-order valence-corrected chi connectivity index (χ3v) is 7.26. The van der Waals surface area contributed by atoms with Crippen LogP contribution in [0.5, 0.6) is 0 Å². The van der Waals surface area contributed by atoms with Gasteiger partial charge in [-0.1, -0.05) is 121 Å². The predicted octanol–water partition coefficient (Wildman–Crippen LogP) is 9.25. The molecule has 1 heterocycles. The summed E-state index contributed by atoms with van der Waals surface area (Å²) >= 11 is 0. The summed E-state index contributed by atoms with van der Waals surface area (Å²) in [4.78, 5) is 5.49. The molecular formula is C35H26N2. The van der Waals surface area contributed by atoms with Crippen LogP contribution >= 0.6 is 0 Å². The molecule has 1 aliphatic carbocycles. The molecule has 2 heteroatoms. The van der Waals surface area contributed by atoms with E-state index in [1.807, 2.05) is 0 Å². The molecule has 0 fully saturated rings. The van der Waals surface area contributed by atoms with Crippen LogP contribution in [0, 0.1) is 0 Å². The number of para-hydroxylation sites is 1. The molecule has 0 spiro atoms. The van der Waals surface area contributed by atoms with Gasteiger partial charge in [0.25, 0.3) is 0 Å². The molecule has 37 heavy (non-hydrogen) atoms. The van der Waals surface area contributed by atoms with E-state index in [0.29, 0.717) is 0 Å². The summed E-state index contributed by atoms with van der Waals surface area (Å²) in [6, 6.07) is 40.9. The number of aromatic nitrogens is 2. The minimum Gasteiger partial charge on any atom is -0.292 e. The first kappa shape index (κ1) is 21.6. The van der Waals surface area contributed by atoms with E-state index < -0.39 is 0 Å². The van der Waals surface area contributed by atoms with Crippen LogP contribution in [-0.4, -0.2) is 9.55 Å². The molecule has 7 rings (SSSR count). The zero-order valence-corrected chi connectivity index (χ0v) is 20.5. The summed E-state index contributed by atoms with van der Waals surface area (Å²) < 4.78 is 2.39. The van der Waals surface area contributed by atoms with Gasteiger partial charge in [-0.25, -0.2) is 4.98 Å². The van der Waals surface area contributed by atoms with E-state index in [-0.39, 0.29) is 0 Å². The van der Waals surface area contributed by atoms with E-state index in [9.17, 15) is 0 Å². The lowest BCUT2D eigenvalue weighted by atomic mass is 9.90. The molecular weight excluding hydrogens is 448 g/mol.